The van der Waals surface area contributed by atoms with E-state index in [9.17, 15) is 0 Å². The van der Waals surface area contributed by atoms with Crippen molar-refractivity contribution in [2.24, 2.45) is 13.0 Å². The number of rotatable bonds is 4. The van der Waals surface area contributed by atoms with Gasteiger partial charge < -0.3 is 14.6 Å². The molecule has 1 N–H and O–H groups in total. The zero-order valence-electron chi connectivity index (χ0n) is 11.6. The lowest BCUT2D eigenvalue weighted by atomic mass is 10.0. The number of aromatic nitrogens is 1. The second kappa shape index (κ2) is 5.76. The lowest BCUT2D eigenvalue weighted by Gasteiger charge is -2.22. The smallest absolute Gasteiger partial charge is 0.0481 e. The van der Waals surface area contributed by atoms with E-state index >= 15 is 0 Å². The van der Waals surface area contributed by atoms with Crippen LogP contribution in [0.4, 0.5) is 0 Å². The van der Waals surface area contributed by atoms with Crippen LogP contribution in [0.1, 0.15) is 18.4 Å². The fourth-order valence-electron chi connectivity index (χ4n) is 2.93. The number of nitrogens with zero attached hydrogens (tertiary/aromatic N) is 1. The molecule has 19 heavy (non-hydrogen) atoms. The Morgan fingerprint density at radius 3 is 2.89 bits per heavy atom. The highest BCUT2D eigenvalue weighted by atomic mass is 16.5. The summed E-state index contributed by atoms with van der Waals surface area (Å²) in [6.45, 7) is 3.92. The number of nitrogens with one attached hydrogen (secondary N) is 1. The molecule has 0 saturated carbocycles. The molecule has 2 heterocycles. The highest BCUT2D eigenvalue weighted by molar-refractivity contribution is 5.83. The molecule has 3 nitrogen and oxygen atoms in total. The number of para-hydroxylation sites is 1. The molecule has 0 bridgehead atoms. The summed E-state index contributed by atoms with van der Waals surface area (Å²) >= 11 is 0. The molecule has 0 aliphatic carbocycles. The van der Waals surface area contributed by atoms with Crippen LogP contribution in [0.15, 0.2) is 30.5 Å². The standard InChI is InChI=1S/C16H22N2O/c1-18-12-14(15-4-2-3-5-16(15)18)11-17-10-13-6-8-19-9-7-13/h2-5,12-13,17H,6-11H2,1H3. The van der Waals surface area contributed by atoms with Gasteiger partial charge in [-0.25, -0.2) is 0 Å². The van der Waals surface area contributed by atoms with E-state index < -0.39 is 0 Å². The molecule has 0 amide bonds. The zero-order valence-corrected chi connectivity index (χ0v) is 11.6. The molecule has 1 fully saturated rings. The highest BCUT2D eigenvalue weighted by Crippen LogP contribution is 2.20. The van der Waals surface area contributed by atoms with Gasteiger partial charge in [0.25, 0.3) is 0 Å². The Kier molecular flexibility index (Phi) is 3.85. The van der Waals surface area contributed by atoms with Gasteiger partial charge in [-0.3, -0.25) is 0 Å². The Labute approximate surface area is 114 Å². The number of hydrogen-bond acceptors (Lipinski definition) is 2. The Bertz CT molecular complexity index is 541. The van der Waals surface area contributed by atoms with E-state index in [1.54, 1.807) is 0 Å². The SMILES string of the molecule is Cn1cc(CNCC2CCOCC2)c2ccccc21. The monoisotopic (exact) mass is 258 g/mol. The molecule has 3 heteroatoms. The van der Waals surface area contributed by atoms with Crippen LogP contribution in [0.2, 0.25) is 0 Å². The first-order valence-corrected chi connectivity index (χ1v) is 7.16. The molecule has 1 aliphatic rings. The maximum atomic E-state index is 5.39. The Balaban J connectivity index is 1.62. The normalized spacial score (nSPS) is 17.1. The molecule has 1 aromatic carbocycles. The summed E-state index contributed by atoms with van der Waals surface area (Å²) in [5, 5.41) is 4.97. The molecule has 102 valence electrons. The minimum Gasteiger partial charge on any atom is -0.381 e. The maximum absolute atomic E-state index is 5.39. The van der Waals surface area contributed by atoms with E-state index in [4.69, 9.17) is 4.74 Å². The van der Waals surface area contributed by atoms with E-state index in [2.05, 4.69) is 47.4 Å². The van der Waals surface area contributed by atoms with Crippen molar-refractivity contribution >= 4 is 10.9 Å². The Morgan fingerprint density at radius 2 is 2.05 bits per heavy atom. The lowest BCUT2D eigenvalue weighted by molar-refractivity contribution is 0.0662. The Hall–Kier alpha value is -1.32. The van der Waals surface area contributed by atoms with Crippen LogP contribution in [0.25, 0.3) is 10.9 Å². The topological polar surface area (TPSA) is 26.2 Å². The summed E-state index contributed by atoms with van der Waals surface area (Å²) in [5.41, 5.74) is 2.70. The summed E-state index contributed by atoms with van der Waals surface area (Å²) in [6, 6.07) is 8.60. The summed E-state index contributed by atoms with van der Waals surface area (Å²) < 4.78 is 7.60. The van der Waals surface area contributed by atoms with Crippen LogP contribution in [0.5, 0.6) is 0 Å². The highest BCUT2D eigenvalue weighted by Gasteiger charge is 2.13. The fourth-order valence-corrected chi connectivity index (χ4v) is 2.93. The largest absolute Gasteiger partial charge is 0.381 e. The van der Waals surface area contributed by atoms with E-state index in [1.165, 1.54) is 29.3 Å². The zero-order chi connectivity index (χ0) is 13.1. The van der Waals surface area contributed by atoms with Crippen LogP contribution in [0, 0.1) is 5.92 Å². The molecule has 3 rings (SSSR count). The summed E-state index contributed by atoms with van der Waals surface area (Å²) in [7, 11) is 2.12. The quantitative estimate of drug-likeness (QED) is 0.912. The number of fused-ring (bicyclic) bond motifs is 1. The average Bonchev–Trinajstić information content (AvgIpc) is 2.78. The van der Waals surface area contributed by atoms with Crippen molar-refractivity contribution in [3.63, 3.8) is 0 Å². The van der Waals surface area contributed by atoms with Crippen molar-refractivity contribution in [1.82, 2.24) is 9.88 Å². The number of hydrogen-bond donors (Lipinski definition) is 1. The van der Waals surface area contributed by atoms with Gasteiger partial charge in [0, 0.05) is 43.9 Å². The second-order valence-corrected chi connectivity index (χ2v) is 5.47. The molecule has 1 saturated heterocycles. The molecule has 1 aromatic heterocycles. The van der Waals surface area contributed by atoms with Gasteiger partial charge in [-0.2, -0.15) is 0 Å². The molecule has 0 spiro atoms. The maximum Gasteiger partial charge on any atom is 0.0481 e. The van der Waals surface area contributed by atoms with Gasteiger partial charge in [-0.05, 0) is 36.9 Å². The van der Waals surface area contributed by atoms with Crippen LogP contribution in [0.3, 0.4) is 0 Å². The number of ether oxygens (including phenoxy) is 1. The van der Waals surface area contributed by atoms with Crippen molar-refractivity contribution in [3.8, 4) is 0 Å². The first kappa shape index (κ1) is 12.7. The van der Waals surface area contributed by atoms with Crippen LogP contribution < -0.4 is 5.32 Å². The lowest BCUT2D eigenvalue weighted by Crippen LogP contribution is -2.27. The van der Waals surface area contributed by atoms with E-state index in [1.807, 2.05) is 0 Å². The molecule has 0 radical (unpaired) electrons. The van der Waals surface area contributed by atoms with E-state index in [0.717, 1.165) is 32.2 Å². The second-order valence-electron chi connectivity index (χ2n) is 5.47. The van der Waals surface area contributed by atoms with Gasteiger partial charge in [0.05, 0.1) is 0 Å². The predicted octanol–water partition coefficient (Wildman–Crippen LogP) is 2.69. The van der Waals surface area contributed by atoms with Crippen LogP contribution >= 0.6 is 0 Å². The number of benzene rings is 1. The molecular formula is C16H22N2O. The van der Waals surface area contributed by atoms with Crippen LogP contribution in [-0.4, -0.2) is 24.3 Å². The van der Waals surface area contributed by atoms with Gasteiger partial charge in [0.15, 0.2) is 0 Å². The third-order valence-electron chi connectivity index (χ3n) is 4.07. The van der Waals surface area contributed by atoms with Crippen molar-refractivity contribution in [2.45, 2.75) is 19.4 Å². The minimum atomic E-state index is 0.781. The molecular weight excluding hydrogens is 236 g/mol. The van der Waals surface area contributed by atoms with Gasteiger partial charge in [-0.1, -0.05) is 18.2 Å². The molecule has 0 unspecified atom stereocenters. The fraction of sp³-hybridized carbons (Fsp3) is 0.500. The summed E-state index contributed by atoms with van der Waals surface area (Å²) in [6.07, 6.45) is 4.63. The summed E-state index contributed by atoms with van der Waals surface area (Å²) in [4.78, 5) is 0. The molecule has 2 aromatic rings. The van der Waals surface area contributed by atoms with Gasteiger partial charge in [0.2, 0.25) is 0 Å². The predicted molar refractivity (Wildman–Crippen MR) is 78.2 cm³/mol. The Morgan fingerprint density at radius 1 is 1.26 bits per heavy atom. The van der Waals surface area contributed by atoms with E-state index in [0.29, 0.717) is 0 Å². The van der Waals surface area contributed by atoms with Gasteiger partial charge in [0.1, 0.15) is 0 Å². The molecule has 1 aliphatic heterocycles. The van der Waals surface area contributed by atoms with Crippen molar-refractivity contribution in [2.75, 3.05) is 19.8 Å². The van der Waals surface area contributed by atoms with Gasteiger partial charge in [-0.15, -0.1) is 0 Å². The van der Waals surface area contributed by atoms with Crippen molar-refractivity contribution in [1.29, 1.82) is 0 Å². The van der Waals surface area contributed by atoms with Crippen molar-refractivity contribution < 1.29 is 4.74 Å². The van der Waals surface area contributed by atoms with Crippen molar-refractivity contribution in [3.05, 3.63) is 36.0 Å². The third-order valence-corrected chi connectivity index (χ3v) is 4.07. The average molecular weight is 258 g/mol. The number of aryl methyl sites for hydroxylation is 1. The first-order chi connectivity index (χ1) is 9.34. The third kappa shape index (κ3) is 2.82. The molecule has 0 atom stereocenters. The first-order valence-electron chi connectivity index (χ1n) is 7.16. The summed E-state index contributed by atoms with van der Waals surface area (Å²) in [5.74, 6) is 0.781. The van der Waals surface area contributed by atoms with Gasteiger partial charge >= 0.3 is 0 Å². The van der Waals surface area contributed by atoms with E-state index in [-0.39, 0.29) is 0 Å². The van der Waals surface area contributed by atoms with Crippen LogP contribution in [-0.2, 0) is 18.3 Å². The minimum absolute atomic E-state index is 0.781.